The molecule has 21 heavy (non-hydrogen) atoms. The molecule has 3 atom stereocenters. The molecule has 0 spiro atoms. The van der Waals surface area contributed by atoms with E-state index in [-0.39, 0.29) is 18.2 Å². The normalized spacial score (nSPS) is 25.2. The molecule has 0 aliphatic heterocycles. The van der Waals surface area contributed by atoms with Crippen LogP contribution in [0.25, 0.3) is 0 Å². The van der Waals surface area contributed by atoms with E-state index in [4.69, 9.17) is 16.7 Å². The van der Waals surface area contributed by atoms with Crippen LogP contribution in [-0.4, -0.2) is 17.0 Å². The summed E-state index contributed by atoms with van der Waals surface area (Å²) in [5.74, 6) is 0.411. The molecule has 1 amide bonds. The number of rotatable bonds is 6. The molecule has 5 heteroatoms. The number of hydrogen-bond acceptors (Lipinski definition) is 2. The fraction of sp³-hybridized carbons (Fsp3) is 0.500. The van der Waals surface area contributed by atoms with Gasteiger partial charge in [-0.05, 0) is 48.8 Å². The Bertz CT molecular complexity index is 553. The first kappa shape index (κ1) is 14.4. The molecule has 1 aromatic rings. The summed E-state index contributed by atoms with van der Waals surface area (Å²) in [6, 6.07) is 6.46. The molecule has 1 aromatic carbocycles. The molecular formula is C16H18ClNO3. The Morgan fingerprint density at radius 2 is 1.95 bits per heavy atom. The monoisotopic (exact) mass is 307 g/mol. The van der Waals surface area contributed by atoms with Crippen LogP contribution in [0, 0.1) is 17.8 Å². The first-order valence-corrected chi connectivity index (χ1v) is 7.70. The van der Waals surface area contributed by atoms with Crippen LogP contribution >= 0.6 is 11.6 Å². The molecule has 112 valence electrons. The number of benzene rings is 1. The minimum absolute atomic E-state index is 0.00639. The first-order valence-electron chi connectivity index (χ1n) is 7.32. The molecule has 3 rings (SSSR count). The Hall–Kier alpha value is -1.55. The Morgan fingerprint density at radius 1 is 1.29 bits per heavy atom. The first-order chi connectivity index (χ1) is 10.0. The van der Waals surface area contributed by atoms with Gasteiger partial charge >= 0.3 is 5.97 Å². The summed E-state index contributed by atoms with van der Waals surface area (Å²) in [6.45, 7) is 0. The molecular weight excluding hydrogens is 290 g/mol. The van der Waals surface area contributed by atoms with E-state index in [9.17, 15) is 9.59 Å². The van der Waals surface area contributed by atoms with Crippen molar-refractivity contribution in [3.63, 3.8) is 0 Å². The van der Waals surface area contributed by atoms with Crippen LogP contribution in [0.2, 0.25) is 5.02 Å². The van der Waals surface area contributed by atoms with E-state index in [0.717, 1.165) is 17.9 Å². The summed E-state index contributed by atoms with van der Waals surface area (Å²) in [5, 5.41) is 12.5. The van der Waals surface area contributed by atoms with Crippen LogP contribution in [0.3, 0.4) is 0 Å². The van der Waals surface area contributed by atoms with Gasteiger partial charge in [-0.1, -0.05) is 23.7 Å². The van der Waals surface area contributed by atoms with E-state index in [1.807, 2.05) is 0 Å². The van der Waals surface area contributed by atoms with Crippen molar-refractivity contribution in [3.8, 4) is 0 Å². The number of carboxylic acids is 1. The maximum absolute atomic E-state index is 12.3. The van der Waals surface area contributed by atoms with Gasteiger partial charge in [0.1, 0.15) is 0 Å². The zero-order chi connectivity index (χ0) is 15.0. The van der Waals surface area contributed by atoms with Gasteiger partial charge < -0.3 is 10.4 Å². The lowest BCUT2D eigenvalue weighted by Crippen LogP contribution is -2.31. The summed E-state index contributed by atoms with van der Waals surface area (Å²) < 4.78 is 0. The van der Waals surface area contributed by atoms with Crippen molar-refractivity contribution in [2.24, 2.45) is 17.8 Å². The molecule has 2 unspecified atom stereocenters. The Balaban J connectivity index is 1.65. The van der Waals surface area contributed by atoms with Crippen molar-refractivity contribution in [3.05, 3.63) is 34.9 Å². The highest BCUT2D eigenvalue weighted by Gasteiger charge is 2.51. The molecule has 0 aromatic heterocycles. The second kappa shape index (κ2) is 5.68. The van der Waals surface area contributed by atoms with E-state index in [1.54, 1.807) is 24.3 Å². The molecule has 0 saturated heterocycles. The van der Waals surface area contributed by atoms with Gasteiger partial charge in [-0.25, -0.2) is 0 Å². The summed E-state index contributed by atoms with van der Waals surface area (Å²) in [4.78, 5) is 23.3. The van der Waals surface area contributed by atoms with Gasteiger partial charge in [0, 0.05) is 10.9 Å². The number of aliphatic carboxylic acids is 1. The molecule has 0 bridgehead atoms. The quantitative estimate of drug-likeness (QED) is 0.849. The average molecular weight is 308 g/mol. The lowest BCUT2D eigenvalue weighted by atomic mass is 10.0. The largest absolute Gasteiger partial charge is 0.481 e. The number of hydrogen-bond donors (Lipinski definition) is 2. The molecule has 4 nitrogen and oxygen atoms in total. The Morgan fingerprint density at radius 3 is 2.52 bits per heavy atom. The number of nitrogens with one attached hydrogen (secondary N) is 1. The molecule has 0 heterocycles. The van der Waals surface area contributed by atoms with Gasteiger partial charge in [0.05, 0.1) is 12.5 Å². The minimum Gasteiger partial charge on any atom is -0.481 e. The zero-order valence-electron chi connectivity index (χ0n) is 11.6. The summed E-state index contributed by atoms with van der Waals surface area (Å²) in [6.07, 6.45) is 3.32. The summed E-state index contributed by atoms with van der Waals surface area (Å²) >= 11 is 5.85. The molecule has 2 aliphatic rings. The van der Waals surface area contributed by atoms with Crippen LogP contribution in [0.5, 0.6) is 0 Å². The molecule has 2 saturated carbocycles. The van der Waals surface area contributed by atoms with E-state index >= 15 is 0 Å². The summed E-state index contributed by atoms with van der Waals surface area (Å²) in [7, 11) is 0. The lowest BCUT2D eigenvalue weighted by Gasteiger charge is -2.17. The van der Waals surface area contributed by atoms with Crippen molar-refractivity contribution in [2.45, 2.75) is 31.7 Å². The number of halogens is 1. The number of amides is 1. The topological polar surface area (TPSA) is 66.4 Å². The van der Waals surface area contributed by atoms with E-state index in [0.29, 0.717) is 10.9 Å². The van der Waals surface area contributed by atoms with E-state index < -0.39 is 12.0 Å². The van der Waals surface area contributed by atoms with Gasteiger partial charge in [0.25, 0.3) is 0 Å². The molecule has 0 radical (unpaired) electrons. The van der Waals surface area contributed by atoms with Crippen molar-refractivity contribution < 1.29 is 14.7 Å². The van der Waals surface area contributed by atoms with E-state index in [2.05, 4.69) is 5.32 Å². The lowest BCUT2D eigenvalue weighted by molar-refractivity contribution is -0.137. The maximum atomic E-state index is 12.3. The Kier molecular flexibility index (Phi) is 3.89. The third-order valence-corrected chi connectivity index (χ3v) is 4.62. The summed E-state index contributed by atoms with van der Waals surface area (Å²) in [5.41, 5.74) is 0.777. The van der Waals surface area contributed by atoms with Crippen molar-refractivity contribution >= 4 is 23.5 Å². The van der Waals surface area contributed by atoms with Crippen LogP contribution in [0.1, 0.15) is 37.3 Å². The number of carboxylic acid groups (broad SMARTS) is 1. The van der Waals surface area contributed by atoms with Crippen LogP contribution in [0.4, 0.5) is 0 Å². The maximum Gasteiger partial charge on any atom is 0.305 e. The van der Waals surface area contributed by atoms with Gasteiger partial charge in [-0.15, -0.1) is 0 Å². The zero-order valence-corrected chi connectivity index (χ0v) is 12.3. The SMILES string of the molecule is O=C(O)C[C@H](NC(=O)C1CC1C1CC1)c1ccc(Cl)cc1. The van der Waals surface area contributed by atoms with Crippen LogP contribution < -0.4 is 5.32 Å². The van der Waals surface area contributed by atoms with E-state index in [1.165, 1.54) is 12.8 Å². The van der Waals surface area contributed by atoms with Gasteiger partial charge in [0.2, 0.25) is 5.91 Å². The standard InChI is InChI=1S/C16H18ClNO3/c17-11-5-3-10(4-6-11)14(8-15(19)20)18-16(21)13-7-12(13)9-1-2-9/h3-6,9,12-14H,1-2,7-8H2,(H,18,21)(H,19,20)/t12?,13?,14-/m0/s1. The fourth-order valence-corrected chi connectivity index (χ4v) is 3.09. The van der Waals surface area contributed by atoms with Gasteiger partial charge in [0.15, 0.2) is 0 Å². The third-order valence-electron chi connectivity index (χ3n) is 4.37. The minimum atomic E-state index is -0.926. The highest BCUT2D eigenvalue weighted by molar-refractivity contribution is 6.30. The smallest absolute Gasteiger partial charge is 0.305 e. The third kappa shape index (κ3) is 3.56. The van der Waals surface area contributed by atoms with Gasteiger partial charge in [-0.2, -0.15) is 0 Å². The van der Waals surface area contributed by atoms with Crippen molar-refractivity contribution in [1.82, 2.24) is 5.32 Å². The van der Waals surface area contributed by atoms with Crippen molar-refractivity contribution in [1.29, 1.82) is 0 Å². The molecule has 2 aliphatic carbocycles. The number of carbonyl (C=O) groups excluding carboxylic acids is 1. The second-order valence-electron chi connectivity index (χ2n) is 6.05. The average Bonchev–Trinajstić information content (AvgIpc) is 3.28. The Labute approximate surface area is 128 Å². The van der Waals surface area contributed by atoms with Gasteiger partial charge in [-0.3, -0.25) is 9.59 Å². The molecule has 2 fully saturated rings. The number of carbonyl (C=O) groups is 2. The van der Waals surface area contributed by atoms with Crippen LogP contribution in [0.15, 0.2) is 24.3 Å². The fourth-order valence-electron chi connectivity index (χ4n) is 2.96. The van der Waals surface area contributed by atoms with Crippen LogP contribution in [-0.2, 0) is 9.59 Å². The highest BCUT2D eigenvalue weighted by Crippen LogP contribution is 2.54. The second-order valence-corrected chi connectivity index (χ2v) is 6.49. The highest BCUT2D eigenvalue weighted by atomic mass is 35.5. The predicted octanol–water partition coefficient (Wildman–Crippen LogP) is 3.02. The predicted molar refractivity (Wildman–Crippen MR) is 78.9 cm³/mol. The molecule has 2 N–H and O–H groups in total. The van der Waals surface area contributed by atoms with Crippen molar-refractivity contribution in [2.75, 3.05) is 0 Å².